The summed E-state index contributed by atoms with van der Waals surface area (Å²) in [4.78, 5) is 29.7. The Labute approximate surface area is 207 Å². The highest BCUT2D eigenvalue weighted by Gasteiger charge is 2.19. The molecule has 0 aliphatic carbocycles. The van der Waals surface area contributed by atoms with E-state index in [4.69, 9.17) is 23.2 Å². The van der Waals surface area contributed by atoms with Crippen LogP contribution in [0.4, 0.5) is 16.2 Å². The summed E-state index contributed by atoms with van der Waals surface area (Å²) in [6, 6.07) is 19.1. The van der Waals surface area contributed by atoms with Gasteiger partial charge in [0, 0.05) is 35.4 Å². The van der Waals surface area contributed by atoms with Gasteiger partial charge in [-0.2, -0.15) is 0 Å². The Kier molecular flexibility index (Phi) is 7.01. The standard InChI is InChI=1S/C26H22Cl2N4O2/c1-16-13-21(32(2)24(16)25(33)17-7-9-18(27)10-8-17)14-19-11-12-20(15-29-19)30-26(34)31-23-6-4-3-5-22(23)28/h3-13,15H,14H2,1-2H3,(H2,30,31,34). The first-order valence-corrected chi connectivity index (χ1v) is 11.3. The van der Waals surface area contributed by atoms with Crippen LogP contribution in [0.3, 0.4) is 0 Å². The van der Waals surface area contributed by atoms with Crippen molar-refractivity contribution in [2.24, 2.45) is 7.05 Å². The van der Waals surface area contributed by atoms with Gasteiger partial charge in [-0.1, -0.05) is 35.3 Å². The molecule has 2 aromatic heterocycles. The van der Waals surface area contributed by atoms with Gasteiger partial charge in [-0.05, 0) is 67.1 Å². The molecule has 0 bridgehead atoms. The molecule has 0 atom stereocenters. The number of carbonyl (C=O) groups excluding carboxylic acids is 2. The second-order valence-electron chi connectivity index (χ2n) is 7.84. The molecule has 172 valence electrons. The molecule has 4 rings (SSSR count). The van der Waals surface area contributed by atoms with E-state index >= 15 is 0 Å². The smallest absolute Gasteiger partial charge is 0.323 e. The SMILES string of the molecule is Cc1cc(Cc2ccc(NC(=O)Nc3ccccc3Cl)cn2)n(C)c1C(=O)c1ccc(Cl)cc1. The number of para-hydroxylation sites is 1. The van der Waals surface area contributed by atoms with Gasteiger partial charge in [-0.15, -0.1) is 0 Å². The predicted molar refractivity (Wildman–Crippen MR) is 136 cm³/mol. The lowest BCUT2D eigenvalue weighted by molar-refractivity contribution is 0.103. The quantitative estimate of drug-likeness (QED) is 0.301. The number of hydrogen-bond acceptors (Lipinski definition) is 3. The number of aromatic nitrogens is 2. The third-order valence-corrected chi connectivity index (χ3v) is 5.99. The van der Waals surface area contributed by atoms with Crippen molar-refractivity contribution in [1.29, 1.82) is 0 Å². The van der Waals surface area contributed by atoms with E-state index in [1.54, 1.807) is 60.8 Å². The van der Waals surface area contributed by atoms with E-state index in [0.717, 1.165) is 17.0 Å². The summed E-state index contributed by atoms with van der Waals surface area (Å²) < 4.78 is 1.90. The van der Waals surface area contributed by atoms with Crippen molar-refractivity contribution in [1.82, 2.24) is 9.55 Å². The fourth-order valence-corrected chi connectivity index (χ4v) is 4.01. The molecule has 0 radical (unpaired) electrons. The highest BCUT2D eigenvalue weighted by Crippen LogP contribution is 2.22. The van der Waals surface area contributed by atoms with Gasteiger partial charge in [0.1, 0.15) is 0 Å². The minimum Gasteiger partial charge on any atom is -0.344 e. The number of urea groups is 1. The van der Waals surface area contributed by atoms with E-state index < -0.39 is 6.03 Å². The van der Waals surface area contributed by atoms with E-state index in [1.807, 2.05) is 30.7 Å². The monoisotopic (exact) mass is 492 g/mol. The number of aryl methyl sites for hydroxylation is 1. The molecule has 2 heterocycles. The van der Waals surface area contributed by atoms with Gasteiger partial charge in [0.05, 0.1) is 28.3 Å². The lowest BCUT2D eigenvalue weighted by atomic mass is 10.1. The molecule has 0 saturated carbocycles. The molecule has 34 heavy (non-hydrogen) atoms. The van der Waals surface area contributed by atoms with Crippen molar-refractivity contribution in [3.63, 3.8) is 0 Å². The molecule has 2 N–H and O–H groups in total. The van der Waals surface area contributed by atoms with E-state index in [-0.39, 0.29) is 5.78 Å². The molecule has 2 amide bonds. The molecular weight excluding hydrogens is 471 g/mol. The zero-order chi connectivity index (χ0) is 24.2. The number of nitrogens with one attached hydrogen (secondary N) is 2. The maximum absolute atomic E-state index is 13.0. The molecular formula is C26H22Cl2N4O2. The molecule has 4 aromatic rings. The second kappa shape index (κ2) is 10.1. The van der Waals surface area contributed by atoms with Crippen LogP contribution in [0.1, 0.15) is 33.0 Å². The number of amides is 2. The Morgan fingerprint density at radius 1 is 0.971 bits per heavy atom. The summed E-state index contributed by atoms with van der Waals surface area (Å²) in [5, 5.41) is 6.49. The Morgan fingerprint density at radius 2 is 1.71 bits per heavy atom. The van der Waals surface area contributed by atoms with Crippen LogP contribution in [-0.2, 0) is 13.5 Å². The third kappa shape index (κ3) is 5.30. The van der Waals surface area contributed by atoms with Crippen LogP contribution in [-0.4, -0.2) is 21.4 Å². The zero-order valence-electron chi connectivity index (χ0n) is 18.6. The summed E-state index contributed by atoms with van der Waals surface area (Å²) in [5.74, 6) is -0.0556. The number of anilines is 2. The number of carbonyl (C=O) groups is 2. The van der Waals surface area contributed by atoms with Crippen LogP contribution < -0.4 is 10.6 Å². The average molecular weight is 493 g/mol. The molecule has 0 saturated heterocycles. The number of ketones is 1. The third-order valence-electron chi connectivity index (χ3n) is 5.41. The van der Waals surface area contributed by atoms with Gasteiger partial charge >= 0.3 is 6.03 Å². The summed E-state index contributed by atoms with van der Waals surface area (Å²) in [5.41, 5.74) is 4.95. The number of benzene rings is 2. The highest BCUT2D eigenvalue weighted by molar-refractivity contribution is 6.33. The molecule has 2 aromatic carbocycles. The molecule has 0 fully saturated rings. The predicted octanol–water partition coefficient (Wildman–Crippen LogP) is 6.50. The van der Waals surface area contributed by atoms with Crippen molar-refractivity contribution in [3.8, 4) is 0 Å². The first-order valence-electron chi connectivity index (χ1n) is 10.5. The Bertz CT molecular complexity index is 1350. The largest absolute Gasteiger partial charge is 0.344 e. The fraction of sp³-hybridized carbons (Fsp3) is 0.115. The van der Waals surface area contributed by atoms with E-state index in [0.29, 0.717) is 39.1 Å². The Hall–Kier alpha value is -3.61. The second-order valence-corrected chi connectivity index (χ2v) is 8.68. The maximum Gasteiger partial charge on any atom is 0.323 e. The summed E-state index contributed by atoms with van der Waals surface area (Å²) >= 11 is 12.0. The molecule has 0 aliphatic rings. The number of hydrogen-bond donors (Lipinski definition) is 2. The lowest BCUT2D eigenvalue weighted by Gasteiger charge is -2.10. The van der Waals surface area contributed by atoms with Gasteiger partial charge in [0.2, 0.25) is 5.78 Å². The van der Waals surface area contributed by atoms with Gasteiger partial charge in [-0.25, -0.2) is 4.79 Å². The van der Waals surface area contributed by atoms with Crippen LogP contribution in [0, 0.1) is 6.92 Å². The molecule has 8 heteroatoms. The molecule has 6 nitrogen and oxygen atoms in total. The lowest BCUT2D eigenvalue weighted by Crippen LogP contribution is -2.19. The minimum atomic E-state index is -0.411. The maximum atomic E-state index is 13.0. The number of pyridine rings is 1. The van der Waals surface area contributed by atoms with Gasteiger partial charge in [0.15, 0.2) is 0 Å². The first kappa shape index (κ1) is 23.5. The average Bonchev–Trinajstić information content (AvgIpc) is 3.09. The van der Waals surface area contributed by atoms with E-state index in [9.17, 15) is 9.59 Å². The van der Waals surface area contributed by atoms with Gasteiger partial charge in [0.25, 0.3) is 0 Å². The topological polar surface area (TPSA) is 76.0 Å². The Morgan fingerprint density at radius 3 is 2.38 bits per heavy atom. The van der Waals surface area contributed by atoms with Crippen molar-refractivity contribution in [3.05, 3.63) is 111 Å². The van der Waals surface area contributed by atoms with Crippen molar-refractivity contribution in [2.75, 3.05) is 10.6 Å². The number of nitrogens with zero attached hydrogens (tertiary/aromatic N) is 2. The van der Waals surface area contributed by atoms with E-state index in [2.05, 4.69) is 15.6 Å². The van der Waals surface area contributed by atoms with Crippen LogP contribution in [0.5, 0.6) is 0 Å². The fourth-order valence-electron chi connectivity index (χ4n) is 3.70. The van der Waals surface area contributed by atoms with Crippen LogP contribution in [0.15, 0.2) is 72.9 Å². The number of halogens is 2. The van der Waals surface area contributed by atoms with Crippen LogP contribution in [0.2, 0.25) is 10.0 Å². The molecule has 0 aliphatic heterocycles. The summed E-state index contributed by atoms with van der Waals surface area (Å²) in [7, 11) is 1.88. The van der Waals surface area contributed by atoms with Crippen molar-refractivity contribution < 1.29 is 9.59 Å². The van der Waals surface area contributed by atoms with Gasteiger partial charge in [-0.3, -0.25) is 9.78 Å². The van der Waals surface area contributed by atoms with Crippen molar-refractivity contribution >= 4 is 46.4 Å². The molecule has 0 unspecified atom stereocenters. The first-order chi connectivity index (χ1) is 16.3. The highest BCUT2D eigenvalue weighted by atomic mass is 35.5. The minimum absolute atomic E-state index is 0.0556. The molecule has 0 spiro atoms. The summed E-state index contributed by atoms with van der Waals surface area (Å²) in [6.07, 6.45) is 2.13. The number of rotatable bonds is 6. The summed E-state index contributed by atoms with van der Waals surface area (Å²) in [6.45, 7) is 1.92. The van der Waals surface area contributed by atoms with Gasteiger partial charge < -0.3 is 15.2 Å². The Balaban J connectivity index is 1.44. The normalized spacial score (nSPS) is 10.7. The van der Waals surface area contributed by atoms with Crippen LogP contribution in [0.25, 0.3) is 0 Å². The zero-order valence-corrected chi connectivity index (χ0v) is 20.1. The van der Waals surface area contributed by atoms with Crippen LogP contribution >= 0.6 is 23.2 Å². The van der Waals surface area contributed by atoms with Crippen molar-refractivity contribution in [2.45, 2.75) is 13.3 Å². The van der Waals surface area contributed by atoms with E-state index in [1.165, 1.54) is 0 Å².